The van der Waals surface area contributed by atoms with Crippen LogP contribution >= 0.6 is 11.3 Å². The third-order valence-corrected chi connectivity index (χ3v) is 10.1. The maximum atomic E-state index is 13.3. The second-order valence-electron chi connectivity index (χ2n) is 10.5. The number of amides is 4. The van der Waals surface area contributed by atoms with Gasteiger partial charge in [-0.15, -0.1) is 11.3 Å². The molecular formula is C28H36N4O8S2. The number of hydrogen-bond donors (Lipinski definition) is 2. The predicted octanol–water partition coefficient (Wildman–Crippen LogP) is 4.07. The number of rotatable bonds is 7. The molecule has 14 heteroatoms. The lowest BCUT2D eigenvalue weighted by molar-refractivity contribution is 0.0924. The molecule has 4 rings (SSSR count). The number of sulfonamides is 1. The van der Waals surface area contributed by atoms with Crippen molar-refractivity contribution in [3.8, 4) is 0 Å². The maximum absolute atomic E-state index is 13.3. The number of hydrogen-bond acceptors (Lipinski definition) is 9. The van der Waals surface area contributed by atoms with Crippen LogP contribution in [0.3, 0.4) is 0 Å². The summed E-state index contributed by atoms with van der Waals surface area (Å²) in [5.41, 5.74) is 0.919. The number of thiophene rings is 1. The van der Waals surface area contributed by atoms with Crippen LogP contribution in [-0.4, -0.2) is 74.5 Å². The number of fused-ring (bicyclic) bond motifs is 1. The molecule has 2 unspecified atom stereocenters. The zero-order valence-corrected chi connectivity index (χ0v) is 25.7. The summed E-state index contributed by atoms with van der Waals surface area (Å²) in [4.78, 5) is 53.0. The summed E-state index contributed by atoms with van der Waals surface area (Å²) in [7, 11) is -3.72. The molecule has 42 heavy (non-hydrogen) atoms. The largest absolute Gasteiger partial charge is 0.450 e. The highest BCUT2D eigenvalue weighted by molar-refractivity contribution is 7.89. The molecule has 0 bridgehead atoms. The first-order valence-corrected chi connectivity index (χ1v) is 16.2. The zero-order chi connectivity index (χ0) is 30.6. The average Bonchev–Trinajstić information content (AvgIpc) is 3.29. The van der Waals surface area contributed by atoms with E-state index in [1.54, 1.807) is 13.8 Å². The van der Waals surface area contributed by atoms with Crippen molar-refractivity contribution in [1.29, 1.82) is 0 Å². The monoisotopic (exact) mass is 620 g/mol. The van der Waals surface area contributed by atoms with E-state index in [1.165, 1.54) is 33.5 Å². The fraction of sp³-hybridized carbons (Fsp3) is 0.500. The molecule has 2 atom stereocenters. The van der Waals surface area contributed by atoms with Gasteiger partial charge in [-0.3, -0.25) is 14.9 Å². The molecule has 228 valence electrons. The van der Waals surface area contributed by atoms with Crippen molar-refractivity contribution in [2.24, 2.45) is 11.8 Å². The van der Waals surface area contributed by atoms with Crippen molar-refractivity contribution in [3.63, 3.8) is 0 Å². The Bertz CT molecular complexity index is 1440. The van der Waals surface area contributed by atoms with Crippen molar-refractivity contribution in [1.82, 2.24) is 14.5 Å². The summed E-state index contributed by atoms with van der Waals surface area (Å²) >= 11 is 1.12. The molecular weight excluding hydrogens is 584 g/mol. The van der Waals surface area contributed by atoms with Gasteiger partial charge in [-0.05, 0) is 68.4 Å². The van der Waals surface area contributed by atoms with Gasteiger partial charge in [-0.2, -0.15) is 4.31 Å². The fourth-order valence-electron chi connectivity index (χ4n) is 5.33. The highest BCUT2D eigenvalue weighted by Crippen LogP contribution is 2.38. The Kier molecular flexibility index (Phi) is 9.89. The standard InChI is InChI=1S/C28H36N4O8S2/c1-5-39-27(35)30-25(34)23-21-11-12-31(28(36)40-6-2)16-22(21)41-26(23)29-24(33)19-7-9-20(10-8-19)42(37,38)32-14-17(3)13-18(4)15-32/h7-10,17-18H,5-6,11-16H2,1-4H3,(H,29,33)(H,30,34,35). The van der Waals surface area contributed by atoms with Gasteiger partial charge in [0.1, 0.15) is 5.00 Å². The smallest absolute Gasteiger partial charge is 0.414 e. The third-order valence-electron chi connectivity index (χ3n) is 7.12. The number of nitrogens with one attached hydrogen (secondary N) is 2. The second-order valence-corrected chi connectivity index (χ2v) is 13.5. The van der Waals surface area contributed by atoms with E-state index in [0.29, 0.717) is 36.5 Å². The van der Waals surface area contributed by atoms with Crippen LogP contribution in [0, 0.1) is 11.8 Å². The molecule has 2 aliphatic heterocycles. The van der Waals surface area contributed by atoms with Gasteiger partial charge in [0.15, 0.2) is 0 Å². The van der Waals surface area contributed by atoms with E-state index < -0.39 is 34.0 Å². The Hall–Kier alpha value is -3.49. The fourth-order valence-corrected chi connectivity index (χ4v) is 8.26. The normalized spacial score (nSPS) is 19.0. The summed E-state index contributed by atoms with van der Waals surface area (Å²) in [5, 5.41) is 5.13. The van der Waals surface area contributed by atoms with E-state index in [-0.39, 0.29) is 52.6 Å². The first-order valence-electron chi connectivity index (χ1n) is 13.9. The average molecular weight is 621 g/mol. The molecule has 2 aromatic rings. The predicted molar refractivity (Wildman–Crippen MR) is 156 cm³/mol. The van der Waals surface area contributed by atoms with Crippen LogP contribution in [0.4, 0.5) is 14.6 Å². The molecule has 2 aliphatic rings. The summed E-state index contributed by atoms with van der Waals surface area (Å²) in [6, 6.07) is 5.65. The number of carbonyl (C=O) groups is 4. The van der Waals surface area contributed by atoms with Crippen LogP contribution in [0.15, 0.2) is 29.2 Å². The molecule has 1 aromatic heterocycles. The highest BCUT2D eigenvalue weighted by atomic mass is 32.2. The summed E-state index contributed by atoms with van der Waals surface area (Å²) in [6.45, 7) is 9.03. The lowest BCUT2D eigenvalue weighted by atomic mass is 9.94. The van der Waals surface area contributed by atoms with Crippen LogP contribution in [0.1, 0.15) is 65.3 Å². The Morgan fingerprint density at radius 2 is 1.62 bits per heavy atom. The second kappa shape index (κ2) is 13.2. The minimum atomic E-state index is -3.72. The molecule has 1 saturated heterocycles. The highest BCUT2D eigenvalue weighted by Gasteiger charge is 2.33. The molecule has 3 heterocycles. The van der Waals surface area contributed by atoms with E-state index in [2.05, 4.69) is 10.6 Å². The number of piperidine rings is 1. The Balaban J connectivity index is 1.57. The first kappa shape index (κ1) is 31.4. The number of imide groups is 1. The Morgan fingerprint density at radius 1 is 0.976 bits per heavy atom. The summed E-state index contributed by atoms with van der Waals surface area (Å²) in [6.07, 6.45) is -0.120. The van der Waals surface area contributed by atoms with Gasteiger partial charge in [0, 0.05) is 30.1 Å². The van der Waals surface area contributed by atoms with E-state index in [1.807, 2.05) is 13.8 Å². The Labute approximate surface area is 249 Å². The van der Waals surface area contributed by atoms with Crippen LogP contribution in [0.2, 0.25) is 0 Å². The quantitative estimate of drug-likeness (QED) is 0.470. The number of alkyl carbamates (subject to hydrolysis) is 1. The van der Waals surface area contributed by atoms with Crippen LogP contribution in [0.5, 0.6) is 0 Å². The SMILES string of the molecule is CCOC(=O)NC(=O)c1c(NC(=O)c2ccc(S(=O)(=O)N3CC(C)CC(C)C3)cc2)sc2c1CCN(C(=O)OCC)C2. The van der Waals surface area contributed by atoms with Crippen LogP contribution < -0.4 is 10.6 Å². The number of ether oxygens (including phenoxy) is 2. The molecule has 0 aliphatic carbocycles. The molecule has 1 fully saturated rings. The summed E-state index contributed by atoms with van der Waals surface area (Å²) in [5.74, 6) is -0.794. The van der Waals surface area contributed by atoms with Gasteiger partial charge in [-0.25, -0.2) is 18.0 Å². The van der Waals surface area contributed by atoms with Gasteiger partial charge in [0.2, 0.25) is 10.0 Å². The lowest BCUT2D eigenvalue weighted by Crippen LogP contribution is -2.42. The minimum absolute atomic E-state index is 0.0699. The lowest BCUT2D eigenvalue weighted by Gasteiger charge is -2.34. The maximum Gasteiger partial charge on any atom is 0.414 e. The van der Waals surface area contributed by atoms with Gasteiger partial charge < -0.3 is 19.7 Å². The van der Waals surface area contributed by atoms with Gasteiger partial charge >= 0.3 is 12.2 Å². The molecule has 0 spiro atoms. The molecule has 4 amide bonds. The summed E-state index contributed by atoms with van der Waals surface area (Å²) < 4.78 is 37.9. The third kappa shape index (κ3) is 6.93. The van der Waals surface area contributed by atoms with Gasteiger partial charge in [0.25, 0.3) is 11.8 Å². The number of benzene rings is 1. The molecule has 2 N–H and O–H groups in total. The molecule has 0 saturated carbocycles. The Morgan fingerprint density at radius 3 is 2.24 bits per heavy atom. The van der Waals surface area contributed by atoms with E-state index in [9.17, 15) is 27.6 Å². The van der Waals surface area contributed by atoms with Crippen molar-refractivity contribution < 1.29 is 37.1 Å². The number of nitrogens with zero attached hydrogens (tertiary/aromatic N) is 2. The topological polar surface area (TPSA) is 151 Å². The van der Waals surface area contributed by atoms with Crippen LogP contribution in [0.25, 0.3) is 0 Å². The van der Waals surface area contributed by atoms with Gasteiger partial charge in [0.05, 0.1) is 30.2 Å². The number of anilines is 1. The first-order chi connectivity index (χ1) is 19.9. The van der Waals surface area contributed by atoms with Gasteiger partial charge in [-0.1, -0.05) is 13.8 Å². The minimum Gasteiger partial charge on any atom is -0.450 e. The molecule has 12 nitrogen and oxygen atoms in total. The molecule has 0 radical (unpaired) electrons. The van der Waals surface area contributed by atoms with E-state index >= 15 is 0 Å². The number of carbonyl (C=O) groups excluding carboxylic acids is 4. The van der Waals surface area contributed by atoms with Crippen molar-refractivity contribution in [2.45, 2.75) is 52.0 Å². The van der Waals surface area contributed by atoms with Crippen molar-refractivity contribution in [3.05, 3.63) is 45.8 Å². The zero-order valence-electron chi connectivity index (χ0n) is 24.1. The van der Waals surface area contributed by atoms with Crippen molar-refractivity contribution in [2.75, 3.05) is 38.2 Å². The van der Waals surface area contributed by atoms with E-state index in [0.717, 1.165) is 17.8 Å². The van der Waals surface area contributed by atoms with Crippen LogP contribution in [-0.2, 0) is 32.5 Å². The van der Waals surface area contributed by atoms with Crippen molar-refractivity contribution >= 4 is 50.4 Å². The van der Waals surface area contributed by atoms with E-state index in [4.69, 9.17) is 9.47 Å². The molecule has 1 aromatic carbocycles.